The maximum absolute atomic E-state index is 14.9. The molecule has 32 heavy (non-hydrogen) atoms. The molecule has 9 nitrogen and oxygen atoms in total. The van der Waals surface area contributed by atoms with Crippen molar-refractivity contribution in [2.75, 3.05) is 28.8 Å². The Morgan fingerprint density at radius 3 is 2.62 bits per heavy atom. The summed E-state index contributed by atoms with van der Waals surface area (Å²) in [6.45, 7) is 1.74. The molecule has 4 rings (SSSR count). The van der Waals surface area contributed by atoms with E-state index in [1.807, 2.05) is 0 Å². The van der Waals surface area contributed by atoms with Crippen LogP contribution in [-0.2, 0) is 6.54 Å². The minimum atomic E-state index is -1.25. The molecule has 0 unspecified atom stereocenters. The van der Waals surface area contributed by atoms with Gasteiger partial charge in [-0.05, 0) is 32.6 Å². The highest BCUT2D eigenvalue weighted by atomic mass is 19.1. The van der Waals surface area contributed by atoms with Crippen molar-refractivity contribution in [3.05, 3.63) is 29.5 Å². The number of nitrogens with one attached hydrogen (secondary N) is 1. The van der Waals surface area contributed by atoms with E-state index in [4.69, 9.17) is 4.74 Å². The van der Waals surface area contributed by atoms with E-state index >= 15 is 0 Å². The SMILES string of the molecule is CCN1C(=O)N(c2c(F)c(O)cc(OC)c2F)Cc2cnc(NC3CCC(O)CC3)nc21. The molecule has 2 amide bonds. The number of phenols is 1. The first kappa shape index (κ1) is 22.0. The van der Waals surface area contributed by atoms with Crippen LogP contribution in [0.5, 0.6) is 11.5 Å². The smallest absolute Gasteiger partial charge is 0.330 e. The molecule has 3 N–H and O–H groups in total. The maximum atomic E-state index is 14.9. The van der Waals surface area contributed by atoms with Crippen LogP contribution in [-0.4, -0.2) is 52.0 Å². The summed E-state index contributed by atoms with van der Waals surface area (Å²) in [5, 5.41) is 22.8. The monoisotopic (exact) mass is 449 g/mol. The fourth-order valence-corrected chi connectivity index (χ4v) is 4.12. The highest BCUT2D eigenvalue weighted by Crippen LogP contribution is 2.40. The lowest BCUT2D eigenvalue weighted by Crippen LogP contribution is -2.48. The zero-order valence-electron chi connectivity index (χ0n) is 17.8. The van der Waals surface area contributed by atoms with Crippen LogP contribution in [0.15, 0.2) is 12.3 Å². The van der Waals surface area contributed by atoms with Gasteiger partial charge >= 0.3 is 6.03 Å². The van der Waals surface area contributed by atoms with Crippen molar-refractivity contribution >= 4 is 23.5 Å². The molecule has 1 aliphatic carbocycles. The molecule has 2 heterocycles. The van der Waals surface area contributed by atoms with E-state index in [-0.39, 0.29) is 31.0 Å². The molecule has 1 saturated carbocycles. The summed E-state index contributed by atoms with van der Waals surface area (Å²) in [4.78, 5) is 24.2. The molecule has 2 aliphatic rings. The zero-order valence-corrected chi connectivity index (χ0v) is 17.8. The third-order valence-electron chi connectivity index (χ3n) is 5.85. The van der Waals surface area contributed by atoms with Crippen molar-refractivity contribution in [1.82, 2.24) is 9.97 Å². The van der Waals surface area contributed by atoms with Crippen LogP contribution in [0.2, 0.25) is 0 Å². The van der Waals surface area contributed by atoms with Gasteiger partial charge in [0.1, 0.15) is 11.5 Å². The van der Waals surface area contributed by atoms with Crippen LogP contribution in [0.1, 0.15) is 38.2 Å². The van der Waals surface area contributed by atoms with Gasteiger partial charge in [-0.25, -0.2) is 18.6 Å². The van der Waals surface area contributed by atoms with Gasteiger partial charge in [-0.15, -0.1) is 0 Å². The lowest BCUT2D eigenvalue weighted by atomic mass is 9.93. The number of hydrogen-bond acceptors (Lipinski definition) is 7. The molecule has 0 atom stereocenters. The number of rotatable bonds is 5. The highest BCUT2D eigenvalue weighted by Gasteiger charge is 2.37. The average molecular weight is 449 g/mol. The summed E-state index contributed by atoms with van der Waals surface area (Å²) in [5.74, 6) is -2.84. The molecule has 0 spiro atoms. The van der Waals surface area contributed by atoms with Crippen LogP contribution in [0.25, 0.3) is 0 Å². The Kier molecular flexibility index (Phi) is 6.00. The van der Waals surface area contributed by atoms with Crippen molar-refractivity contribution in [3.63, 3.8) is 0 Å². The Balaban J connectivity index is 1.67. The Morgan fingerprint density at radius 1 is 1.25 bits per heavy atom. The van der Waals surface area contributed by atoms with Crippen LogP contribution >= 0.6 is 0 Å². The predicted molar refractivity (Wildman–Crippen MR) is 113 cm³/mol. The van der Waals surface area contributed by atoms with Gasteiger partial charge in [-0.2, -0.15) is 4.98 Å². The number of aromatic hydroxyl groups is 1. The van der Waals surface area contributed by atoms with E-state index < -0.39 is 29.1 Å². The quantitative estimate of drug-likeness (QED) is 0.643. The largest absolute Gasteiger partial charge is 0.505 e. The van der Waals surface area contributed by atoms with Gasteiger partial charge < -0.3 is 20.3 Å². The number of benzene rings is 1. The molecule has 0 bridgehead atoms. The second kappa shape index (κ2) is 8.73. The van der Waals surface area contributed by atoms with Crippen molar-refractivity contribution in [2.45, 2.75) is 51.3 Å². The Hall–Kier alpha value is -3.21. The molecule has 1 fully saturated rings. The number of ether oxygens (including phenoxy) is 1. The molecule has 1 aromatic heterocycles. The van der Waals surface area contributed by atoms with Crippen LogP contribution in [0.3, 0.4) is 0 Å². The number of urea groups is 1. The number of hydrogen-bond donors (Lipinski definition) is 3. The predicted octanol–water partition coefficient (Wildman–Crippen LogP) is 3.15. The van der Waals surface area contributed by atoms with Gasteiger partial charge in [0.2, 0.25) is 5.95 Å². The number of fused-ring (bicyclic) bond motifs is 1. The summed E-state index contributed by atoms with van der Waals surface area (Å²) in [7, 11) is 1.18. The maximum Gasteiger partial charge on any atom is 0.330 e. The summed E-state index contributed by atoms with van der Waals surface area (Å²) in [6.07, 6.45) is 4.19. The van der Waals surface area contributed by atoms with Crippen LogP contribution in [0.4, 0.5) is 31.0 Å². The number of aromatic nitrogens is 2. The fourth-order valence-electron chi connectivity index (χ4n) is 4.12. The Labute approximate surface area is 183 Å². The van der Waals surface area contributed by atoms with E-state index in [2.05, 4.69) is 15.3 Å². The van der Waals surface area contributed by atoms with Gasteiger partial charge in [-0.3, -0.25) is 9.80 Å². The summed E-state index contributed by atoms with van der Waals surface area (Å²) < 4.78 is 34.4. The van der Waals surface area contributed by atoms with Gasteiger partial charge in [-0.1, -0.05) is 0 Å². The topological polar surface area (TPSA) is 111 Å². The third-order valence-corrected chi connectivity index (χ3v) is 5.85. The average Bonchev–Trinajstić information content (AvgIpc) is 2.78. The number of anilines is 3. The number of methoxy groups -OCH3 is 1. The normalized spacial score (nSPS) is 20.8. The van der Waals surface area contributed by atoms with Gasteiger partial charge in [0.05, 0.1) is 19.8 Å². The number of halogens is 2. The number of carbonyl (C=O) groups is 1. The molecular weight excluding hydrogens is 424 g/mol. The second-order valence-electron chi connectivity index (χ2n) is 7.88. The number of phenolic OH excluding ortho intramolecular Hbond substituents is 1. The standard InChI is InChI=1S/C21H25F2N5O4/c1-3-27-19-11(9-24-20(26-19)25-12-4-6-13(29)7-5-12)10-28(21(27)31)18-16(22)14(30)8-15(32-2)17(18)23/h8-9,12-13,29-30H,3-7,10H2,1-2H3,(H,24,25,26). The summed E-state index contributed by atoms with van der Waals surface area (Å²) >= 11 is 0. The van der Waals surface area contributed by atoms with Crippen molar-refractivity contribution in [2.24, 2.45) is 0 Å². The van der Waals surface area contributed by atoms with E-state index in [1.165, 1.54) is 18.2 Å². The molecule has 2 aromatic rings. The molecule has 0 saturated heterocycles. The van der Waals surface area contributed by atoms with Crippen molar-refractivity contribution in [1.29, 1.82) is 0 Å². The van der Waals surface area contributed by atoms with Crippen molar-refractivity contribution < 1.29 is 28.5 Å². The molecule has 172 valence electrons. The number of aliphatic hydroxyl groups excluding tert-OH is 1. The molecular formula is C21H25F2N5O4. The minimum Gasteiger partial charge on any atom is -0.505 e. The second-order valence-corrected chi connectivity index (χ2v) is 7.88. The molecule has 1 aromatic carbocycles. The van der Waals surface area contributed by atoms with Gasteiger partial charge in [0, 0.05) is 30.4 Å². The zero-order chi connectivity index (χ0) is 23.0. The Bertz CT molecular complexity index is 1030. The first-order valence-corrected chi connectivity index (χ1v) is 10.5. The summed E-state index contributed by atoms with van der Waals surface area (Å²) in [6, 6.07) is 0.251. The fraction of sp³-hybridized carbons (Fsp3) is 0.476. The minimum absolute atomic E-state index is 0.116. The molecule has 1 aliphatic heterocycles. The molecule has 11 heteroatoms. The van der Waals surface area contributed by atoms with Crippen LogP contribution in [0, 0.1) is 11.6 Å². The molecule has 0 radical (unpaired) electrons. The van der Waals surface area contributed by atoms with Gasteiger partial charge in [0.25, 0.3) is 0 Å². The highest BCUT2D eigenvalue weighted by molar-refractivity contribution is 6.05. The lowest BCUT2D eigenvalue weighted by Gasteiger charge is -2.36. The van der Waals surface area contributed by atoms with Crippen molar-refractivity contribution in [3.8, 4) is 11.5 Å². The van der Waals surface area contributed by atoms with E-state index in [0.717, 1.165) is 23.8 Å². The van der Waals surface area contributed by atoms with E-state index in [1.54, 1.807) is 6.92 Å². The summed E-state index contributed by atoms with van der Waals surface area (Å²) in [5.41, 5.74) is -0.198. The van der Waals surface area contributed by atoms with E-state index in [0.29, 0.717) is 30.2 Å². The first-order valence-electron chi connectivity index (χ1n) is 10.5. The lowest BCUT2D eigenvalue weighted by molar-refractivity contribution is 0.126. The number of carbonyl (C=O) groups excluding carboxylic acids is 1. The van der Waals surface area contributed by atoms with Gasteiger partial charge in [0.15, 0.2) is 23.1 Å². The van der Waals surface area contributed by atoms with E-state index in [9.17, 15) is 23.8 Å². The number of aliphatic hydroxyl groups is 1. The third kappa shape index (κ3) is 3.88. The first-order chi connectivity index (χ1) is 15.3. The number of amides is 2. The number of nitrogens with zero attached hydrogens (tertiary/aromatic N) is 4. The van der Waals surface area contributed by atoms with Crippen LogP contribution < -0.4 is 19.9 Å². The Morgan fingerprint density at radius 2 is 1.97 bits per heavy atom.